The van der Waals surface area contributed by atoms with Crippen molar-refractivity contribution in [3.63, 3.8) is 0 Å². The molecule has 0 unspecified atom stereocenters. The lowest BCUT2D eigenvalue weighted by Gasteiger charge is -2.33. The van der Waals surface area contributed by atoms with Crippen LogP contribution >= 0.6 is 11.6 Å². The number of sulfonamides is 1. The smallest absolute Gasteiger partial charge is 0.244 e. The van der Waals surface area contributed by atoms with Crippen molar-refractivity contribution in [2.75, 3.05) is 17.1 Å². The summed E-state index contributed by atoms with van der Waals surface area (Å²) < 4.78 is 26.7. The molecular weight excluding hydrogens is 486 g/mol. The summed E-state index contributed by atoms with van der Waals surface area (Å²) in [7, 11) is -3.78. The Labute approximate surface area is 213 Å². The Morgan fingerprint density at radius 1 is 1.06 bits per heavy atom. The van der Waals surface area contributed by atoms with E-state index in [9.17, 15) is 18.0 Å². The first-order valence-electron chi connectivity index (χ1n) is 11.9. The van der Waals surface area contributed by atoms with Crippen LogP contribution in [0.15, 0.2) is 42.5 Å². The molecule has 1 atom stereocenters. The Bertz CT molecular complexity index is 1160. The number of para-hydroxylation sites is 1. The topological polar surface area (TPSA) is 86.8 Å². The first kappa shape index (κ1) is 27.0. The number of amides is 2. The fraction of sp³-hybridized carbons (Fsp3) is 0.462. The number of halogens is 1. The van der Waals surface area contributed by atoms with E-state index in [-0.39, 0.29) is 18.5 Å². The van der Waals surface area contributed by atoms with E-state index in [1.807, 2.05) is 38.1 Å². The molecule has 9 heteroatoms. The molecule has 2 amide bonds. The van der Waals surface area contributed by atoms with Gasteiger partial charge in [-0.25, -0.2) is 8.42 Å². The second-order valence-electron chi connectivity index (χ2n) is 9.29. The van der Waals surface area contributed by atoms with Crippen LogP contribution in [0.1, 0.15) is 49.3 Å². The van der Waals surface area contributed by atoms with Gasteiger partial charge in [-0.15, -0.1) is 0 Å². The lowest BCUT2D eigenvalue weighted by molar-refractivity contribution is -0.139. The summed E-state index contributed by atoms with van der Waals surface area (Å²) in [5.41, 5.74) is 2.64. The van der Waals surface area contributed by atoms with E-state index in [1.165, 1.54) is 4.90 Å². The molecule has 35 heavy (non-hydrogen) atoms. The molecular formula is C26H34ClN3O4S. The average molecular weight is 520 g/mol. The number of benzene rings is 2. The van der Waals surface area contributed by atoms with E-state index in [4.69, 9.17) is 11.6 Å². The maximum atomic E-state index is 13.7. The molecule has 3 rings (SSSR count). The van der Waals surface area contributed by atoms with Crippen LogP contribution in [0, 0.1) is 13.8 Å². The highest BCUT2D eigenvalue weighted by Gasteiger charge is 2.32. The molecule has 190 valence electrons. The molecule has 2 aromatic carbocycles. The van der Waals surface area contributed by atoms with Gasteiger partial charge in [-0.2, -0.15) is 0 Å². The molecule has 0 spiro atoms. The quantitative estimate of drug-likeness (QED) is 0.538. The molecule has 1 fully saturated rings. The summed E-state index contributed by atoms with van der Waals surface area (Å²) in [6.07, 6.45) is 5.07. The lowest BCUT2D eigenvalue weighted by Crippen LogP contribution is -2.52. The second-order valence-corrected chi connectivity index (χ2v) is 11.6. The maximum Gasteiger partial charge on any atom is 0.244 e. The van der Waals surface area contributed by atoms with Gasteiger partial charge in [0.05, 0.1) is 11.9 Å². The number of carbonyl (C=O) groups excluding carboxylic acids is 2. The highest BCUT2D eigenvalue weighted by Crippen LogP contribution is 2.27. The van der Waals surface area contributed by atoms with Crippen molar-refractivity contribution in [3.8, 4) is 0 Å². The predicted molar refractivity (Wildman–Crippen MR) is 140 cm³/mol. The molecule has 0 aliphatic heterocycles. The first-order chi connectivity index (χ1) is 16.5. The predicted octanol–water partition coefficient (Wildman–Crippen LogP) is 4.20. The summed E-state index contributed by atoms with van der Waals surface area (Å²) in [5.74, 6) is -0.734. The number of rotatable bonds is 9. The highest BCUT2D eigenvalue weighted by molar-refractivity contribution is 7.92. The average Bonchev–Trinajstić information content (AvgIpc) is 3.29. The molecule has 0 heterocycles. The molecule has 1 saturated carbocycles. The summed E-state index contributed by atoms with van der Waals surface area (Å²) in [6, 6.07) is 11.9. The van der Waals surface area contributed by atoms with Crippen molar-refractivity contribution in [1.82, 2.24) is 10.2 Å². The molecule has 0 aromatic heterocycles. The van der Waals surface area contributed by atoms with Crippen LogP contribution in [0.2, 0.25) is 5.02 Å². The molecule has 0 saturated heterocycles. The van der Waals surface area contributed by atoms with Crippen molar-refractivity contribution < 1.29 is 18.0 Å². The van der Waals surface area contributed by atoms with Crippen molar-refractivity contribution in [1.29, 1.82) is 0 Å². The fourth-order valence-corrected chi connectivity index (χ4v) is 5.72. The standard InChI is InChI=1S/C26H34ClN3O4S/c1-18-10-9-11-19(2)25(18)30(35(4,33)34)17-24(31)29(16-21-12-5-8-15-23(21)27)20(3)26(32)28-22-13-6-7-14-22/h5,8-12,15,20,22H,6-7,13-14,16-17H2,1-4H3,(H,28,32)/t20-/m0/s1. The minimum atomic E-state index is -3.78. The third kappa shape index (κ3) is 6.76. The third-order valence-electron chi connectivity index (χ3n) is 6.54. The number of carbonyl (C=O) groups is 2. The first-order valence-corrected chi connectivity index (χ1v) is 14.1. The fourth-order valence-electron chi connectivity index (χ4n) is 4.56. The monoisotopic (exact) mass is 519 g/mol. The molecule has 1 N–H and O–H groups in total. The van der Waals surface area contributed by atoms with E-state index in [1.54, 1.807) is 25.1 Å². The minimum Gasteiger partial charge on any atom is -0.352 e. The Morgan fingerprint density at radius 2 is 1.66 bits per heavy atom. The van der Waals surface area contributed by atoms with Crippen LogP contribution in [0.25, 0.3) is 0 Å². The number of hydrogen-bond acceptors (Lipinski definition) is 4. The molecule has 2 aromatic rings. The van der Waals surface area contributed by atoms with Gasteiger partial charge in [-0.1, -0.05) is 60.8 Å². The molecule has 1 aliphatic carbocycles. The number of nitrogens with one attached hydrogen (secondary N) is 1. The Kier molecular flexibility index (Phi) is 8.83. The zero-order valence-corrected chi connectivity index (χ0v) is 22.3. The zero-order valence-electron chi connectivity index (χ0n) is 20.8. The number of nitrogens with zero attached hydrogens (tertiary/aromatic N) is 2. The van der Waals surface area contributed by atoms with E-state index < -0.39 is 28.5 Å². The van der Waals surface area contributed by atoms with Crippen molar-refractivity contribution >= 4 is 39.1 Å². The second kappa shape index (κ2) is 11.4. The minimum absolute atomic E-state index is 0.0854. The third-order valence-corrected chi connectivity index (χ3v) is 8.02. The SMILES string of the molecule is Cc1cccc(C)c1N(CC(=O)N(Cc1ccccc1Cl)[C@@H](C)C(=O)NC1CCCC1)S(C)(=O)=O. The molecule has 0 bridgehead atoms. The molecule has 1 aliphatic rings. The Balaban J connectivity index is 1.93. The van der Waals surface area contributed by atoms with Crippen LogP contribution < -0.4 is 9.62 Å². The number of hydrogen-bond donors (Lipinski definition) is 1. The van der Waals surface area contributed by atoms with Gasteiger partial charge in [-0.3, -0.25) is 13.9 Å². The molecule has 7 nitrogen and oxygen atoms in total. The van der Waals surface area contributed by atoms with Crippen LogP contribution in [-0.2, 0) is 26.2 Å². The van der Waals surface area contributed by atoms with Gasteiger partial charge in [0, 0.05) is 17.6 Å². The van der Waals surface area contributed by atoms with Gasteiger partial charge in [0.2, 0.25) is 21.8 Å². The van der Waals surface area contributed by atoms with Crippen molar-refractivity contribution in [3.05, 3.63) is 64.2 Å². The lowest BCUT2D eigenvalue weighted by atomic mass is 10.1. The summed E-state index contributed by atoms with van der Waals surface area (Å²) in [5, 5.41) is 3.53. The summed E-state index contributed by atoms with van der Waals surface area (Å²) >= 11 is 6.37. The number of anilines is 1. The van der Waals surface area contributed by atoms with E-state index >= 15 is 0 Å². The van der Waals surface area contributed by atoms with Gasteiger partial charge < -0.3 is 10.2 Å². The van der Waals surface area contributed by atoms with Gasteiger partial charge >= 0.3 is 0 Å². The van der Waals surface area contributed by atoms with Gasteiger partial charge in [-0.05, 0) is 56.4 Å². The summed E-state index contributed by atoms with van der Waals surface area (Å²) in [6.45, 7) is 4.95. The van der Waals surface area contributed by atoms with Gasteiger partial charge in [0.15, 0.2) is 0 Å². The van der Waals surface area contributed by atoms with Crippen LogP contribution in [-0.4, -0.2) is 50.0 Å². The summed E-state index contributed by atoms with van der Waals surface area (Å²) in [4.78, 5) is 28.2. The van der Waals surface area contributed by atoms with Crippen molar-refractivity contribution in [2.24, 2.45) is 0 Å². The van der Waals surface area contributed by atoms with Crippen LogP contribution in [0.3, 0.4) is 0 Å². The Hall–Kier alpha value is -2.58. The largest absolute Gasteiger partial charge is 0.352 e. The normalized spacial score (nSPS) is 15.0. The van der Waals surface area contributed by atoms with E-state index in [0.717, 1.165) is 47.4 Å². The van der Waals surface area contributed by atoms with Crippen molar-refractivity contribution in [2.45, 2.75) is 65.1 Å². The van der Waals surface area contributed by atoms with E-state index in [0.29, 0.717) is 16.3 Å². The zero-order chi connectivity index (χ0) is 25.8. The number of aryl methyl sites for hydroxylation is 2. The molecule has 0 radical (unpaired) electrons. The van der Waals surface area contributed by atoms with Crippen LogP contribution in [0.5, 0.6) is 0 Å². The van der Waals surface area contributed by atoms with Crippen LogP contribution in [0.4, 0.5) is 5.69 Å². The van der Waals surface area contributed by atoms with E-state index in [2.05, 4.69) is 5.32 Å². The highest BCUT2D eigenvalue weighted by atomic mass is 35.5. The Morgan fingerprint density at radius 3 is 2.23 bits per heavy atom. The van der Waals surface area contributed by atoms with Gasteiger partial charge in [0.25, 0.3) is 0 Å². The van der Waals surface area contributed by atoms with Gasteiger partial charge in [0.1, 0.15) is 12.6 Å². The maximum absolute atomic E-state index is 13.7.